The number of halogens is 3. The van der Waals surface area contributed by atoms with E-state index in [-0.39, 0.29) is 36.0 Å². The molecule has 0 bridgehead atoms. The van der Waals surface area contributed by atoms with Gasteiger partial charge in [0, 0.05) is 55.8 Å². The van der Waals surface area contributed by atoms with Gasteiger partial charge in [0.05, 0.1) is 24.4 Å². The SMILES string of the molecule is CS(=O)(=O)CCCOc1cccc2c1ccn2-c1ccnc(NC2CCC(CC(=O)N3CCn4cc(C(F)(F)F)nc4C3)CC2)n1. The molecule has 11 nitrogen and oxygen atoms in total. The smallest absolute Gasteiger partial charge is 0.434 e. The highest BCUT2D eigenvalue weighted by Crippen LogP contribution is 2.32. The van der Waals surface area contributed by atoms with E-state index in [1.165, 1.54) is 10.8 Å². The van der Waals surface area contributed by atoms with Gasteiger partial charge < -0.3 is 24.1 Å². The molecule has 0 atom stereocenters. The summed E-state index contributed by atoms with van der Waals surface area (Å²) in [6, 6.07) is 9.63. The summed E-state index contributed by atoms with van der Waals surface area (Å²) in [6.45, 7) is 1.07. The predicted molar refractivity (Wildman–Crippen MR) is 165 cm³/mol. The Bertz CT molecular complexity index is 1810. The lowest BCUT2D eigenvalue weighted by Gasteiger charge is -2.32. The monoisotopic (exact) mass is 659 g/mol. The highest BCUT2D eigenvalue weighted by atomic mass is 32.2. The summed E-state index contributed by atoms with van der Waals surface area (Å²) in [5, 5.41) is 4.34. The minimum absolute atomic E-state index is 0.0448. The highest BCUT2D eigenvalue weighted by molar-refractivity contribution is 7.90. The zero-order valence-corrected chi connectivity index (χ0v) is 26.2. The van der Waals surface area contributed by atoms with Gasteiger partial charge in [-0.25, -0.2) is 18.4 Å². The molecule has 1 saturated carbocycles. The van der Waals surface area contributed by atoms with E-state index < -0.39 is 21.7 Å². The Morgan fingerprint density at radius 3 is 2.65 bits per heavy atom. The highest BCUT2D eigenvalue weighted by Gasteiger charge is 2.36. The fourth-order valence-electron chi connectivity index (χ4n) is 6.19. The topological polar surface area (TPSA) is 124 Å². The number of benzene rings is 1. The first-order valence-corrected chi connectivity index (χ1v) is 17.4. The first kappa shape index (κ1) is 31.8. The third kappa shape index (κ3) is 7.45. The molecule has 1 amide bonds. The van der Waals surface area contributed by atoms with Crippen LogP contribution < -0.4 is 10.1 Å². The number of rotatable bonds is 10. The zero-order chi connectivity index (χ0) is 32.5. The number of hydrogen-bond acceptors (Lipinski definition) is 8. The Hall–Kier alpha value is -4.14. The fourth-order valence-corrected chi connectivity index (χ4v) is 6.83. The zero-order valence-electron chi connectivity index (χ0n) is 25.4. The van der Waals surface area contributed by atoms with Crippen molar-refractivity contribution in [2.45, 2.75) is 63.8 Å². The maximum atomic E-state index is 13.0. The van der Waals surface area contributed by atoms with Crippen LogP contribution in [0.5, 0.6) is 5.75 Å². The number of imidazole rings is 1. The predicted octanol–water partition coefficient (Wildman–Crippen LogP) is 4.85. The minimum atomic E-state index is -4.50. The van der Waals surface area contributed by atoms with Gasteiger partial charge in [-0.15, -0.1) is 0 Å². The molecule has 15 heteroatoms. The molecule has 1 aliphatic heterocycles. The molecule has 1 aromatic carbocycles. The summed E-state index contributed by atoms with van der Waals surface area (Å²) in [5.74, 6) is 2.38. The Kier molecular flexibility index (Phi) is 8.95. The quantitative estimate of drug-likeness (QED) is 0.240. The van der Waals surface area contributed by atoms with E-state index in [4.69, 9.17) is 9.72 Å². The average Bonchev–Trinajstić information content (AvgIpc) is 3.65. The van der Waals surface area contributed by atoms with Crippen LogP contribution in [-0.4, -0.2) is 74.5 Å². The van der Waals surface area contributed by atoms with Crippen LogP contribution in [0.4, 0.5) is 19.1 Å². The second-order valence-corrected chi connectivity index (χ2v) is 14.3. The minimum Gasteiger partial charge on any atom is -0.493 e. The lowest BCUT2D eigenvalue weighted by Crippen LogP contribution is -2.39. The van der Waals surface area contributed by atoms with Crippen LogP contribution in [0.1, 0.15) is 50.0 Å². The second kappa shape index (κ2) is 12.9. The Labute approximate surface area is 264 Å². The van der Waals surface area contributed by atoms with Crippen molar-refractivity contribution in [1.82, 2.24) is 29.0 Å². The standard InChI is InChI=1S/C31H36F3N7O4S/c1-46(43,44)17-3-16-45-25-5-2-4-24-23(25)11-13-41(24)27-10-12-35-30(38-27)36-22-8-6-21(7-9-22)18-29(42)40-15-14-39-19-26(31(32,33)34)37-28(39)20-40/h2,4-5,10-13,19,21-22H,3,6-9,14-18,20H2,1H3,(H,35,36,38). The molecule has 1 aliphatic carbocycles. The van der Waals surface area contributed by atoms with E-state index in [0.717, 1.165) is 42.8 Å². The average molecular weight is 660 g/mol. The number of nitrogens with zero attached hydrogens (tertiary/aromatic N) is 6. The number of aromatic nitrogens is 5. The Morgan fingerprint density at radius 1 is 1.09 bits per heavy atom. The largest absolute Gasteiger partial charge is 0.493 e. The van der Waals surface area contributed by atoms with Crippen molar-refractivity contribution in [2.75, 3.05) is 30.5 Å². The van der Waals surface area contributed by atoms with E-state index in [9.17, 15) is 26.4 Å². The van der Waals surface area contributed by atoms with Crippen LogP contribution >= 0.6 is 0 Å². The van der Waals surface area contributed by atoms with Crippen molar-refractivity contribution in [3.8, 4) is 11.6 Å². The number of sulfone groups is 1. The third-order valence-electron chi connectivity index (χ3n) is 8.59. The molecule has 46 heavy (non-hydrogen) atoms. The molecule has 0 spiro atoms. The van der Waals surface area contributed by atoms with Crippen LogP contribution in [-0.2, 0) is 33.9 Å². The number of fused-ring (bicyclic) bond motifs is 2. The van der Waals surface area contributed by atoms with E-state index in [1.54, 1.807) is 11.1 Å². The maximum Gasteiger partial charge on any atom is 0.434 e. The molecule has 0 unspecified atom stereocenters. The van der Waals surface area contributed by atoms with Gasteiger partial charge in [-0.05, 0) is 62.3 Å². The molecule has 4 heterocycles. The van der Waals surface area contributed by atoms with E-state index >= 15 is 0 Å². The van der Waals surface area contributed by atoms with Crippen LogP contribution in [0.25, 0.3) is 16.7 Å². The first-order valence-electron chi connectivity index (χ1n) is 15.3. The molecule has 4 aromatic rings. The molecule has 246 valence electrons. The van der Waals surface area contributed by atoms with Crippen molar-refractivity contribution in [1.29, 1.82) is 0 Å². The molecule has 6 rings (SSSR count). The summed E-state index contributed by atoms with van der Waals surface area (Å²) in [4.78, 5) is 27.5. The van der Waals surface area contributed by atoms with Crippen molar-refractivity contribution in [3.05, 3.63) is 60.4 Å². The number of carbonyl (C=O) groups excluding carboxylic acids is 1. The Morgan fingerprint density at radius 2 is 1.89 bits per heavy atom. The molecular formula is C31H36F3N7O4S. The summed E-state index contributed by atoms with van der Waals surface area (Å²) < 4.78 is 71.3. The number of hydrogen-bond donors (Lipinski definition) is 1. The molecular weight excluding hydrogens is 623 g/mol. The molecule has 1 fully saturated rings. The number of anilines is 1. The van der Waals surface area contributed by atoms with Crippen LogP contribution in [0.2, 0.25) is 0 Å². The Balaban J connectivity index is 1.01. The van der Waals surface area contributed by atoms with E-state index in [0.29, 0.717) is 50.1 Å². The van der Waals surface area contributed by atoms with Gasteiger partial charge >= 0.3 is 6.18 Å². The second-order valence-electron chi connectivity index (χ2n) is 12.1. The van der Waals surface area contributed by atoms with E-state index in [2.05, 4.69) is 15.3 Å². The normalized spacial score (nSPS) is 18.8. The van der Waals surface area contributed by atoms with Gasteiger partial charge in [-0.3, -0.25) is 4.79 Å². The number of carbonyl (C=O) groups is 1. The van der Waals surface area contributed by atoms with Gasteiger partial charge in [-0.2, -0.15) is 18.2 Å². The number of ether oxygens (including phenoxy) is 1. The van der Waals surface area contributed by atoms with Crippen LogP contribution in [0.3, 0.4) is 0 Å². The van der Waals surface area contributed by atoms with Crippen molar-refractivity contribution in [2.24, 2.45) is 5.92 Å². The summed E-state index contributed by atoms with van der Waals surface area (Å²) in [7, 11) is -3.04. The van der Waals surface area contributed by atoms with Gasteiger partial charge in [0.2, 0.25) is 11.9 Å². The van der Waals surface area contributed by atoms with Crippen molar-refractivity contribution in [3.63, 3.8) is 0 Å². The van der Waals surface area contributed by atoms with Gasteiger partial charge in [0.25, 0.3) is 0 Å². The van der Waals surface area contributed by atoms with Crippen LogP contribution in [0, 0.1) is 5.92 Å². The molecule has 0 saturated heterocycles. The molecule has 2 aliphatic rings. The molecule has 3 aromatic heterocycles. The number of amides is 1. The summed E-state index contributed by atoms with van der Waals surface area (Å²) >= 11 is 0. The van der Waals surface area contributed by atoms with Gasteiger partial charge in [-0.1, -0.05) is 6.07 Å². The number of alkyl halides is 3. The maximum absolute atomic E-state index is 13.0. The summed E-state index contributed by atoms with van der Waals surface area (Å²) in [6.07, 6.45) is 5.51. The molecule has 1 N–H and O–H groups in total. The van der Waals surface area contributed by atoms with Crippen molar-refractivity contribution >= 4 is 32.6 Å². The van der Waals surface area contributed by atoms with Crippen LogP contribution in [0.15, 0.2) is 48.9 Å². The van der Waals surface area contributed by atoms with Gasteiger partial charge in [0.1, 0.15) is 27.2 Å². The lowest BCUT2D eigenvalue weighted by molar-refractivity contribution is -0.141. The lowest BCUT2D eigenvalue weighted by atomic mass is 9.84. The summed E-state index contributed by atoms with van der Waals surface area (Å²) in [5.41, 5.74) is -0.0210. The fraction of sp³-hybridized carbons (Fsp3) is 0.484. The van der Waals surface area contributed by atoms with Gasteiger partial charge in [0.15, 0.2) is 5.69 Å². The number of nitrogens with one attached hydrogen (secondary N) is 1. The van der Waals surface area contributed by atoms with Crippen molar-refractivity contribution < 1.29 is 31.1 Å². The third-order valence-corrected chi connectivity index (χ3v) is 9.62. The molecule has 0 radical (unpaired) electrons. The van der Waals surface area contributed by atoms with E-state index in [1.807, 2.05) is 41.1 Å². The first-order chi connectivity index (χ1) is 21.9.